The minimum atomic E-state index is -0.159. The quantitative estimate of drug-likeness (QED) is 0.700. The van der Waals surface area contributed by atoms with Gasteiger partial charge in [-0.15, -0.1) is 0 Å². The number of carbonyl (C=O) groups excluding carboxylic acids is 1. The molecule has 140 valence electrons. The molecule has 27 heavy (non-hydrogen) atoms. The van der Waals surface area contributed by atoms with Crippen molar-refractivity contribution in [3.8, 4) is 11.3 Å². The Kier molecular flexibility index (Phi) is 4.25. The van der Waals surface area contributed by atoms with Crippen LogP contribution in [0.2, 0.25) is 0 Å². The molecule has 0 spiro atoms. The second kappa shape index (κ2) is 6.61. The van der Waals surface area contributed by atoms with Gasteiger partial charge >= 0.3 is 0 Å². The Morgan fingerprint density at radius 2 is 1.93 bits per heavy atom. The summed E-state index contributed by atoms with van der Waals surface area (Å²) < 4.78 is 10.4. The molecule has 4 rings (SSSR count). The number of carbonyl (C=O) groups is 1. The fourth-order valence-corrected chi connectivity index (χ4v) is 3.66. The van der Waals surface area contributed by atoms with Gasteiger partial charge in [-0.25, -0.2) is 9.97 Å². The van der Waals surface area contributed by atoms with Gasteiger partial charge in [0.15, 0.2) is 0 Å². The molecule has 1 fully saturated rings. The third kappa shape index (κ3) is 3.11. The van der Waals surface area contributed by atoms with E-state index < -0.39 is 0 Å². The number of hydrogen-bond donors (Lipinski definition) is 0. The van der Waals surface area contributed by atoms with Crippen molar-refractivity contribution >= 4 is 5.91 Å². The van der Waals surface area contributed by atoms with Gasteiger partial charge in [-0.3, -0.25) is 4.79 Å². The number of amides is 1. The third-order valence-electron chi connectivity index (χ3n) is 4.84. The van der Waals surface area contributed by atoms with Crippen molar-refractivity contribution in [1.82, 2.24) is 25.2 Å². The van der Waals surface area contributed by atoms with Gasteiger partial charge in [0.1, 0.15) is 11.6 Å². The number of aryl methyl sites for hydroxylation is 4. The van der Waals surface area contributed by atoms with Gasteiger partial charge < -0.3 is 13.9 Å². The number of hydrogen-bond acceptors (Lipinski definition) is 7. The van der Waals surface area contributed by atoms with Crippen molar-refractivity contribution < 1.29 is 13.8 Å². The van der Waals surface area contributed by atoms with E-state index in [4.69, 9.17) is 9.05 Å². The zero-order chi connectivity index (χ0) is 19.1. The topological polar surface area (TPSA) is 98.2 Å². The van der Waals surface area contributed by atoms with E-state index in [0.717, 1.165) is 35.5 Å². The maximum Gasteiger partial charge on any atom is 0.293 e. The van der Waals surface area contributed by atoms with E-state index in [2.05, 4.69) is 20.3 Å². The first-order valence-corrected chi connectivity index (χ1v) is 8.97. The van der Waals surface area contributed by atoms with Crippen LogP contribution in [-0.4, -0.2) is 37.6 Å². The summed E-state index contributed by atoms with van der Waals surface area (Å²) in [6.07, 6.45) is 1.75. The standard InChI is InChI=1S/C19H21N5O3/c1-10-8-17(27-22-10)19(25)24-7-5-6-16(24)14-9-15(21-13(4)20-14)18-11(2)23-26-12(18)3/h8-9,16H,5-7H2,1-4H3. The lowest BCUT2D eigenvalue weighted by atomic mass is 10.1. The Hall–Kier alpha value is -3.03. The molecule has 1 unspecified atom stereocenters. The predicted molar refractivity (Wildman–Crippen MR) is 96.0 cm³/mol. The van der Waals surface area contributed by atoms with Gasteiger partial charge in [0.2, 0.25) is 5.76 Å². The highest BCUT2D eigenvalue weighted by Crippen LogP contribution is 2.34. The van der Waals surface area contributed by atoms with Crippen LogP contribution in [0.15, 0.2) is 21.2 Å². The van der Waals surface area contributed by atoms with Crippen molar-refractivity contribution in [1.29, 1.82) is 0 Å². The van der Waals surface area contributed by atoms with Gasteiger partial charge in [-0.2, -0.15) is 0 Å². The number of rotatable bonds is 3. The molecule has 0 saturated carbocycles. The average Bonchev–Trinajstić information content (AvgIpc) is 3.34. The summed E-state index contributed by atoms with van der Waals surface area (Å²) in [7, 11) is 0. The first kappa shape index (κ1) is 17.4. The van der Waals surface area contributed by atoms with Crippen LogP contribution in [0.4, 0.5) is 0 Å². The lowest BCUT2D eigenvalue weighted by molar-refractivity contribution is 0.0690. The van der Waals surface area contributed by atoms with Gasteiger partial charge in [0, 0.05) is 12.6 Å². The number of aromatic nitrogens is 4. The molecular weight excluding hydrogens is 346 g/mol. The maximum absolute atomic E-state index is 12.9. The Labute approximate surface area is 156 Å². The van der Waals surface area contributed by atoms with Crippen molar-refractivity contribution in [3.63, 3.8) is 0 Å². The maximum atomic E-state index is 12.9. The zero-order valence-corrected chi connectivity index (χ0v) is 15.8. The second-order valence-corrected chi connectivity index (χ2v) is 6.91. The summed E-state index contributed by atoms with van der Waals surface area (Å²) in [5.41, 5.74) is 3.94. The van der Waals surface area contributed by atoms with Crippen molar-refractivity contribution in [2.45, 2.75) is 46.6 Å². The molecule has 4 heterocycles. The third-order valence-corrected chi connectivity index (χ3v) is 4.84. The van der Waals surface area contributed by atoms with Gasteiger partial charge in [-0.05, 0) is 46.6 Å². The minimum Gasteiger partial charge on any atom is -0.361 e. The van der Waals surface area contributed by atoms with Crippen LogP contribution in [0.3, 0.4) is 0 Å². The van der Waals surface area contributed by atoms with E-state index in [0.29, 0.717) is 23.8 Å². The number of likely N-dealkylation sites (tertiary alicyclic amines) is 1. The van der Waals surface area contributed by atoms with Crippen LogP contribution in [0, 0.1) is 27.7 Å². The van der Waals surface area contributed by atoms with E-state index in [-0.39, 0.29) is 17.7 Å². The molecule has 0 N–H and O–H groups in total. The molecule has 1 saturated heterocycles. The molecule has 0 radical (unpaired) electrons. The molecule has 1 aliphatic rings. The van der Waals surface area contributed by atoms with Crippen LogP contribution >= 0.6 is 0 Å². The molecule has 0 bridgehead atoms. The van der Waals surface area contributed by atoms with Gasteiger partial charge in [0.25, 0.3) is 5.91 Å². The molecule has 3 aromatic rings. The SMILES string of the molecule is Cc1cc(C(=O)N2CCCC2c2cc(-c3c(C)noc3C)nc(C)n2)on1. The first-order chi connectivity index (χ1) is 12.9. The first-order valence-electron chi connectivity index (χ1n) is 8.97. The van der Waals surface area contributed by atoms with E-state index >= 15 is 0 Å². The van der Waals surface area contributed by atoms with E-state index in [9.17, 15) is 4.79 Å². The molecule has 1 aliphatic heterocycles. The van der Waals surface area contributed by atoms with Gasteiger partial charge in [-0.1, -0.05) is 10.3 Å². The molecular formula is C19H21N5O3. The number of nitrogens with zero attached hydrogens (tertiary/aromatic N) is 5. The normalized spacial score (nSPS) is 16.9. The van der Waals surface area contributed by atoms with Crippen molar-refractivity contribution in [2.75, 3.05) is 6.54 Å². The highest BCUT2D eigenvalue weighted by Gasteiger charge is 2.34. The fraction of sp³-hybridized carbons (Fsp3) is 0.421. The molecule has 8 nitrogen and oxygen atoms in total. The van der Waals surface area contributed by atoms with E-state index in [1.54, 1.807) is 17.9 Å². The van der Waals surface area contributed by atoms with E-state index in [1.165, 1.54) is 0 Å². The molecule has 0 aromatic carbocycles. The summed E-state index contributed by atoms with van der Waals surface area (Å²) in [6.45, 7) is 8.06. The van der Waals surface area contributed by atoms with Crippen molar-refractivity contribution in [2.24, 2.45) is 0 Å². The Bertz CT molecular complexity index is 987. The highest BCUT2D eigenvalue weighted by atomic mass is 16.5. The van der Waals surface area contributed by atoms with Crippen LogP contribution in [0.5, 0.6) is 0 Å². The Morgan fingerprint density at radius 1 is 1.11 bits per heavy atom. The van der Waals surface area contributed by atoms with Crippen LogP contribution < -0.4 is 0 Å². The predicted octanol–water partition coefficient (Wildman–Crippen LogP) is 3.33. The Balaban J connectivity index is 1.71. The molecule has 1 amide bonds. The highest BCUT2D eigenvalue weighted by molar-refractivity contribution is 5.92. The van der Waals surface area contributed by atoms with Crippen LogP contribution in [-0.2, 0) is 0 Å². The summed E-state index contributed by atoms with van der Waals surface area (Å²) in [5, 5.41) is 7.84. The average molecular weight is 367 g/mol. The smallest absolute Gasteiger partial charge is 0.293 e. The zero-order valence-electron chi connectivity index (χ0n) is 15.8. The molecule has 0 aliphatic carbocycles. The largest absolute Gasteiger partial charge is 0.361 e. The second-order valence-electron chi connectivity index (χ2n) is 6.91. The molecule has 1 atom stereocenters. The monoisotopic (exact) mass is 367 g/mol. The Morgan fingerprint density at radius 3 is 2.59 bits per heavy atom. The lowest BCUT2D eigenvalue weighted by Gasteiger charge is -2.23. The summed E-state index contributed by atoms with van der Waals surface area (Å²) >= 11 is 0. The van der Waals surface area contributed by atoms with E-state index in [1.807, 2.05) is 26.8 Å². The molecule has 3 aromatic heterocycles. The lowest BCUT2D eigenvalue weighted by Crippen LogP contribution is -2.31. The van der Waals surface area contributed by atoms with Crippen molar-refractivity contribution in [3.05, 3.63) is 46.6 Å². The van der Waals surface area contributed by atoms with Crippen LogP contribution in [0.25, 0.3) is 11.3 Å². The fourth-order valence-electron chi connectivity index (χ4n) is 3.66. The summed E-state index contributed by atoms with van der Waals surface area (Å²) in [6, 6.07) is 3.48. The molecule has 8 heteroatoms. The minimum absolute atomic E-state index is 0.121. The van der Waals surface area contributed by atoms with Gasteiger partial charge in [0.05, 0.1) is 34.4 Å². The summed E-state index contributed by atoms with van der Waals surface area (Å²) in [4.78, 5) is 23.9. The summed E-state index contributed by atoms with van der Waals surface area (Å²) in [5.74, 6) is 1.47. The van der Waals surface area contributed by atoms with Crippen LogP contribution in [0.1, 0.15) is 58.1 Å².